The fourth-order valence-corrected chi connectivity index (χ4v) is 1.91. The Morgan fingerprint density at radius 2 is 1.84 bits per heavy atom. The van der Waals surface area contributed by atoms with Gasteiger partial charge in [-0.25, -0.2) is 4.39 Å². The predicted octanol–water partition coefficient (Wildman–Crippen LogP) is 3.95. The van der Waals surface area contributed by atoms with E-state index in [9.17, 15) is 4.39 Å². The third-order valence-corrected chi connectivity index (χ3v) is 2.95. The van der Waals surface area contributed by atoms with Gasteiger partial charge in [0.05, 0.1) is 0 Å². The molecule has 0 spiro atoms. The highest BCUT2D eigenvalue weighted by Crippen LogP contribution is 2.29. The van der Waals surface area contributed by atoms with Gasteiger partial charge >= 0.3 is 0 Å². The van der Waals surface area contributed by atoms with Gasteiger partial charge in [0.15, 0.2) is 0 Å². The van der Waals surface area contributed by atoms with Crippen LogP contribution in [0.3, 0.4) is 0 Å². The topological polar surface area (TPSA) is 21.3 Å². The van der Waals surface area contributed by atoms with Crippen LogP contribution in [-0.4, -0.2) is 7.05 Å². The van der Waals surface area contributed by atoms with Gasteiger partial charge in [-0.2, -0.15) is 0 Å². The Bertz CT molecular complexity index is 581. The molecule has 19 heavy (non-hydrogen) atoms. The van der Waals surface area contributed by atoms with Crippen LogP contribution in [-0.2, 0) is 6.54 Å². The highest BCUT2D eigenvalue weighted by Gasteiger charge is 2.08. The fraction of sp³-hybridized carbons (Fsp3) is 0.250. The van der Waals surface area contributed by atoms with Crippen LogP contribution in [0.5, 0.6) is 11.5 Å². The lowest BCUT2D eigenvalue weighted by Gasteiger charge is -2.13. The highest BCUT2D eigenvalue weighted by molar-refractivity contribution is 5.42. The summed E-state index contributed by atoms with van der Waals surface area (Å²) >= 11 is 0. The van der Waals surface area contributed by atoms with Crippen LogP contribution in [0.4, 0.5) is 4.39 Å². The minimum atomic E-state index is -0.251. The summed E-state index contributed by atoms with van der Waals surface area (Å²) < 4.78 is 19.2. The van der Waals surface area contributed by atoms with Gasteiger partial charge < -0.3 is 10.1 Å². The Kier molecular flexibility index (Phi) is 4.17. The molecule has 0 heterocycles. The first-order valence-corrected chi connectivity index (χ1v) is 6.28. The number of hydrogen-bond acceptors (Lipinski definition) is 2. The van der Waals surface area contributed by atoms with Crippen LogP contribution >= 0.6 is 0 Å². The van der Waals surface area contributed by atoms with Crippen LogP contribution in [0.2, 0.25) is 0 Å². The molecule has 2 aromatic rings. The smallest absolute Gasteiger partial charge is 0.132 e. The lowest BCUT2D eigenvalue weighted by Crippen LogP contribution is -2.07. The average Bonchev–Trinajstić information content (AvgIpc) is 2.37. The molecule has 2 nitrogen and oxygen atoms in total. The molecule has 0 amide bonds. The third kappa shape index (κ3) is 3.32. The Labute approximate surface area is 113 Å². The largest absolute Gasteiger partial charge is 0.457 e. The number of nitrogens with one attached hydrogen (secondary N) is 1. The van der Waals surface area contributed by atoms with E-state index in [-0.39, 0.29) is 5.82 Å². The van der Waals surface area contributed by atoms with E-state index in [1.54, 1.807) is 6.07 Å². The number of rotatable bonds is 4. The zero-order valence-electron chi connectivity index (χ0n) is 11.5. The van der Waals surface area contributed by atoms with Crippen molar-refractivity contribution in [2.45, 2.75) is 20.4 Å². The molecule has 0 aliphatic heterocycles. The molecule has 0 aromatic heterocycles. The molecule has 0 unspecified atom stereocenters. The second-order valence-electron chi connectivity index (χ2n) is 4.65. The van der Waals surface area contributed by atoms with Crippen molar-refractivity contribution in [3.63, 3.8) is 0 Å². The number of halogens is 1. The van der Waals surface area contributed by atoms with E-state index < -0.39 is 0 Å². The van der Waals surface area contributed by atoms with Crippen molar-refractivity contribution < 1.29 is 9.13 Å². The molecule has 0 saturated carbocycles. The SMILES string of the molecule is CNCc1cc(F)ccc1Oc1cc(C)ccc1C. The van der Waals surface area contributed by atoms with Crippen LogP contribution < -0.4 is 10.1 Å². The predicted molar refractivity (Wildman–Crippen MR) is 75.2 cm³/mol. The van der Waals surface area contributed by atoms with E-state index in [1.807, 2.05) is 39.1 Å². The van der Waals surface area contributed by atoms with Crippen molar-refractivity contribution in [3.8, 4) is 11.5 Å². The summed E-state index contributed by atoms with van der Waals surface area (Å²) in [6.45, 7) is 4.58. The van der Waals surface area contributed by atoms with E-state index >= 15 is 0 Å². The lowest BCUT2D eigenvalue weighted by atomic mass is 10.1. The van der Waals surface area contributed by atoms with Crippen LogP contribution in [0.15, 0.2) is 36.4 Å². The summed E-state index contributed by atoms with van der Waals surface area (Å²) in [4.78, 5) is 0. The van der Waals surface area contributed by atoms with Crippen molar-refractivity contribution in [3.05, 3.63) is 58.9 Å². The molecular formula is C16H18FNO. The van der Waals surface area contributed by atoms with Gasteiger partial charge in [-0.15, -0.1) is 0 Å². The minimum absolute atomic E-state index is 0.251. The van der Waals surface area contributed by atoms with Gasteiger partial charge in [0.1, 0.15) is 17.3 Å². The Balaban J connectivity index is 2.34. The monoisotopic (exact) mass is 259 g/mol. The first-order valence-electron chi connectivity index (χ1n) is 6.28. The molecule has 0 radical (unpaired) electrons. The summed E-state index contributed by atoms with van der Waals surface area (Å²) in [5, 5.41) is 3.02. The van der Waals surface area contributed by atoms with E-state index in [0.717, 1.165) is 22.4 Å². The molecule has 0 bridgehead atoms. The summed E-state index contributed by atoms with van der Waals surface area (Å²) in [7, 11) is 1.83. The molecule has 0 fully saturated rings. The maximum Gasteiger partial charge on any atom is 0.132 e. The zero-order valence-corrected chi connectivity index (χ0v) is 11.5. The number of benzene rings is 2. The molecule has 0 saturated heterocycles. The average molecular weight is 259 g/mol. The Hall–Kier alpha value is -1.87. The zero-order chi connectivity index (χ0) is 13.8. The van der Waals surface area contributed by atoms with Crippen LogP contribution in [0.1, 0.15) is 16.7 Å². The number of aryl methyl sites for hydroxylation is 2. The van der Waals surface area contributed by atoms with Crippen molar-refractivity contribution in [2.24, 2.45) is 0 Å². The van der Waals surface area contributed by atoms with Gasteiger partial charge in [0.2, 0.25) is 0 Å². The van der Waals surface area contributed by atoms with E-state index in [4.69, 9.17) is 4.74 Å². The quantitative estimate of drug-likeness (QED) is 0.897. The Morgan fingerprint density at radius 1 is 1.05 bits per heavy atom. The minimum Gasteiger partial charge on any atom is -0.457 e. The highest BCUT2D eigenvalue weighted by atomic mass is 19.1. The van der Waals surface area contributed by atoms with Gasteiger partial charge in [-0.1, -0.05) is 12.1 Å². The van der Waals surface area contributed by atoms with Gasteiger partial charge in [-0.05, 0) is 56.3 Å². The second-order valence-corrected chi connectivity index (χ2v) is 4.65. The maximum atomic E-state index is 13.3. The summed E-state index contributed by atoms with van der Waals surface area (Å²) in [6, 6.07) is 10.6. The van der Waals surface area contributed by atoms with Gasteiger partial charge in [-0.3, -0.25) is 0 Å². The van der Waals surface area contributed by atoms with Crippen LogP contribution in [0.25, 0.3) is 0 Å². The lowest BCUT2D eigenvalue weighted by molar-refractivity contribution is 0.468. The van der Waals surface area contributed by atoms with E-state index in [0.29, 0.717) is 12.3 Å². The first kappa shape index (κ1) is 13.6. The molecule has 0 atom stereocenters. The summed E-state index contributed by atoms with van der Waals surface area (Å²) in [6.07, 6.45) is 0. The van der Waals surface area contributed by atoms with Crippen LogP contribution in [0, 0.1) is 19.7 Å². The van der Waals surface area contributed by atoms with Crippen molar-refractivity contribution in [1.82, 2.24) is 5.32 Å². The standard InChI is InChI=1S/C16H18FNO/c1-11-4-5-12(2)16(8-11)19-15-7-6-14(17)9-13(15)10-18-3/h4-9,18H,10H2,1-3H3. The molecule has 3 heteroatoms. The van der Waals surface area contributed by atoms with E-state index in [1.165, 1.54) is 12.1 Å². The molecule has 2 rings (SSSR count). The van der Waals surface area contributed by atoms with Gasteiger partial charge in [0.25, 0.3) is 0 Å². The summed E-state index contributed by atoms with van der Waals surface area (Å²) in [5.41, 5.74) is 3.01. The van der Waals surface area contributed by atoms with Crippen molar-refractivity contribution in [2.75, 3.05) is 7.05 Å². The van der Waals surface area contributed by atoms with Crippen molar-refractivity contribution >= 4 is 0 Å². The van der Waals surface area contributed by atoms with Gasteiger partial charge in [0, 0.05) is 12.1 Å². The molecular weight excluding hydrogens is 241 g/mol. The van der Waals surface area contributed by atoms with Crippen molar-refractivity contribution in [1.29, 1.82) is 0 Å². The second kappa shape index (κ2) is 5.85. The molecule has 2 aromatic carbocycles. The molecule has 0 aliphatic rings. The molecule has 0 aliphatic carbocycles. The fourth-order valence-electron chi connectivity index (χ4n) is 1.91. The number of hydrogen-bond donors (Lipinski definition) is 1. The molecule has 1 N–H and O–H groups in total. The normalized spacial score (nSPS) is 10.5. The number of ether oxygens (including phenoxy) is 1. The first-order chi connectivity index (χ1) is 9.10. The molecule has 100 valence electrons. The van der Waals surface area contributed by atoms with E-state index in [2.05, 4.69) is 5.32 Å². The third-order valence-electron chi connectivity index (χ3n) is 2.95. The summed E-state index contributed by atoms with van der Waals surface area (Å²) in [5.74, 6) is 1.24. The Morgan fingerprint density at radius 3 is 2.58 bits per heavy atom. The maximum absolute atomic E-state index is 13.3.